The molecular formula is C15H20N2O5. The Morgan fingerprint density at radius 1 is 1.36 bits per heavy atom. The zero-order chi connectivity index (χ0) is 16.7. The van der Waals surface area contributed by atoms with Gasteiger partial charge in [-0.2, -0.15) is 0 Å². The molecule has 0 atom stereocenters. The van der Waals surface area contributed by atoms with E-state index in [-0.39, 0.29) is 11.3 Å². The molecule has 0 aliphatic rings. The first kappa shape index (κ1) is 17.6. The molecule has 0 aliphatic heterocycles. The van der Waals surface area contributed by atoms with Crippen LogP contribution < -0.4 is 5.32 Å². The molecule has 0 unspecified atom stereocenters. The van der Waals surface area contributed by atoms with Crippen molar-refractivity contribution in [2.75, 3.05) is 13.2 Å². The van der Waals surface area contributed by atoms with Crippen LogP contribution in [0.15, 0.2) is 18.2 Å². The Morgan fingerprint density at radius 3 is 2.64 bits per heavy atom. The van der Waals surface area contributed by atoms with Gasteiger partial charge < -0.3 is 10.1 Å². The van der Waals surface area contributed by atoms with Crippen LogP contribution in [0, 0.1) is 23.0 Å². The van der Waals surface area contributed by atoms with Gasteiger partial charge in [0.05, 0.1) is 4.92 Å². The number of esters is 1. The number of benzene rings is 1. The lowest BCUT2D eigenvalue weighted by Gasteiger charge is -2.09. The summed E-state index contributed by atoms with van der Waals surface area (Å²) in [7, 11) is 0. The average molecular weight is 308 g/mol. The number of nitrogens with one attached hydrogen (secondary N) is 1. The lowest BCUT2D eigenvalue weighted by molar-refractivity contribution is -0.385. The summed E-state index contributed by atoms with van der Waals surface area (Å²) in [5.74, 6) is -0.841. The highest BCUT2D eigenvalue weighted by Crippen LogP contribution is 2.22. The highest BCUT2D eigenvalue weighted by Gasteiger charge is 2.24. The van der Waals surface area contributed by atoms with Gasteiger partial charge in [-0.1, -0.05) is 26.0 Å². The maximum absolute atomic E-state index is 12.0. The van der Waals surface area contributed by atoms with E-state index in [9.17, 15) is 19.7 Å². The van der Waals surface area contributed by atoms with Gasteiger partial charge in [0, 0.05) is 12.6 Å². The van der Waals surface area contributed by atoms with E-state index in [0.29, 0.717) is 18.0 Å². The van der Waals surface area contributed by atoms with Gasteiger partial charge in [0.15, 0.2) is 6.61 Å². The van der Waals surface area contributed by atoms with Crippen molar-refractivity contribution in [1.82, 2.24) is 5.32 Å². The number of aryl methyl sites for hydroxylation is 1. The molecule has 7 nitrogen and oxygen atoms in total. The zero-order valence-corrected chi connectivity index (χ0v) is 12.9. The van der Waals surface area contributed by atoms with Crippen LogP contribution in [0.5, 0.6) is 0 Å². The number of rotatable bonds is 7. The summed E-state index contributed by atoms with van der Waals surface area (Å²) >= 11 is 0. The number of carbonyl (C=O) groups is 2. The second kappa shape index (κ2) is 8.11. The molecule has 1 aromatic carbocycles. The van der Waals surface area contributed by atoms with Crippen molar-refractivity contribution in [2.24, 2.45) is 5.92 Å². The van der Waals surface area contributed by atoms with Gasteiger partial charge in [-0.05, 0) is 24.8 Å². The number of amides is 1. The Hall–Kier alpha value is -2.44. The third-order valence-electron chi connectivity index (χ3n) is 3.03. The zero-order valence-electron chi connectivity index (χ0n) is 12.9. The van der Waals surface area contributed by atoms with Crippen molar-refractivity contribution < 1.29 is 19.2 Å². The van der Waals surface area contributed by atoms with Crippen molar-refractivity contribution in [1.29, 1.82) is 0 Å². The number of carbonyl (C=O) groups excluding carboxylic acids is 2. The van der Waals surface area contributed by atoms with Crippen LogP contribution in [0.1, 0.15) is 36.2 Å². The third-order valence-corrected chi connectivity index (χ3v) is 3.03. The smallest absolute Gasteiger partial charge is 0.345 e. The highest BCUT2D eigenvalue weighted by molar-refractivity contribution is 5.96. The summed E-state index contributed by atoms with van der Waals surface area (Å²) < 4.78 is 4.86. The van der Waals surface area contributed by atoms with E-state index < -0.39 is 23.4 Å². The predicted octanol–water partition coefficient (Wildman–Crippen LogP) is 2.22. The van der Waals surface area contributed by atoms with Gasteiger partial charge in [0.2, 0.25) is 0 Å². The van der Waals surface area contributed by atoms with Gasteiger partial charge in [0.25, 0.3) is 11.6 Å². The lowest BCUT2D eigenvalue weighted by atomic mass is 10.1. The molecule has 120 valence electrons. The standard InChI is InChI=1S/C15H20N2O5/c1-10(2)7-8-16-13(18)9-22-15(19)14-11(3)5-4-6-12(14)17(20)21/h4-6,10H,7-9H2,1-3H3,(H,16,18). The molecule has 0 heterocycles. The number of nitro groups is 1. The van der Waals surface area contributed by atoms with E-state index >= 15 is 0 Å². The Morgan fingerprint density at radius 2 is 2.05 bits per heavy atom. The van der Waals surface area contributed by atoms with Crippen LogP contribution >= 0.6 is 0 Å². The topological polar surface area (TPSA) is 98.5 Å². The average Bonchev–Trinajstić information content (AvgIpc) is 2.44. The first-order valence-corrected chi connectivity index (χ1v) is 7.00. The maximum Gasteiger partial charge on any atom is 0.345 e. The molecule has 22 heavy (non-hydrogen) atoms. The van der Waals surface area contributed by atoms with Crippen molar-refractivity contribution in [3.8, 4) is 0 Å². The van der Waals surface area contributed by atoms with Crippen molar-refractivity contribution >= 4 is 17.6 Å². The Balaban J connectivity index is 2.63. The number of ether oxygens (including phenoxy) is 1. The molecule has 0 aliphatic carbocycles. The molecule has 0 radical (unpaired) electrons. The van der Waals surface area contributed by atoms with Gasteiger partial charge in [0.1, 0.15) is 5.56 Å². The maximum atomic E-state index is 12.0. The van der Waals surface area contributed by atoms with Crippen LogP contribution in [0.4, 0.5) is 5.69 Å². The molecule has 1 amide bonds. The van der Waals surface area contributed by atoms with Gasteiger partial charge in [-0.15, -0.1) is 0 Å². The van der Waals surface area contributed by atoms with Gasteiger partial charge >= 0.3 is 5.97 Å². The molecule has 0 fully saturated rings. The van der Waals surface area contributed by atoms with Gasteiger partial charge in [-0.3, -0.25) is 14.9 Å². The first-order valence-electron chi connectivity index (χ1n) is 7.00. The molecule has 1 rings (SSSR count). The SMILES string of the molecule is Cc1cccc([N+](=O)[O-])c1C(=O)OCC(=O)NCCC(C)C. The molecule has 1 aromatic rings. The van der Waals surface area contributed by atoms with Crippen molar-refractivity contribution in [3.63, 3.8) is 0 Å². The van der Waals surface area contributed by atoms with E-state index in [1.807, 2.05) is 13.8 Å². The fourth-order valence-corrected chi connectivity index (χ4v) is 1.82. The Kier molecular flexibility index (Phi) is 6.49. The summed E-state index contributed by atoms with van der Waals surface area (Å²) in [6.45, 7) is 5.68. The van der Waals surface area contributed by atoms with E-state index in [1.165, 1.54) is 12.1 Å². The van der Waals surface area contributed by atoms with E-state index in [1.54, 1.807) is 13.0 Å². The third kappa shape index (κ3) is 5.16. The molecule has 0 saturated carbocycles. The fourth-order valence-electron chi connectivity index (χ4n) is 1.82. The Bertz CT molecular complexity index is 569. The summed E-state index contributed by atoms with van der Waals surface area (Å²) in [6.07, 6.45) is 0.822. The summed E-state index contributed by atoms with van der Waals surface area (Å²) in [6, 6.07) is 4.29. The molecule has 0 bridgehead atoms. The van der Waals surface area contributed by atoms with Crippen LogP contribution in [0.2, 0.25) is 0 Å². The monoisotopic (exact) mass is 308 g/mol. The van der Waals surface area contributed by atoms with Gasteiger partial charge in [-0.25, -0.2) is 4.79 Å². The molecule has 0 aromatic heterocycles. The van der Waals surface area contributed by atoms with E-state index in [4.69, 9.17) is 4.74 Å². The van der Waals surface area contributed by atoms with Crippen molar-refractivity contribution in [3.05, 3.63) is 39.4 Å². The first-order chi connectivity index (χ1) is 10.3. The van der Waals surface area contributed by atoms with Crippen LogP contribution in [-0.4, -0.2) is 30.0 Å². The predicted molar refractivity (Wildman–Crippen MR) is 80.6 cm³/mol. The summed E-state index contributed by atoms with van der Waals surface area (Å²) in [5.41, 5.74) is -0.0212. The Labute approximate surface area is 128 Å². The van der Waals surface area contributed by atoms with Crippen LogP contribution in [0.25, 0.3) is 0 Å². The quantitative estimate of drug-likeness (QED) is 0.473. The second-order valence-corrected chi connectivity index (χ2v) is 5.33. The second-order valence-electron chi connectivity index (χ2n) is 5.33. The molecule has 0 saturated heterocycles. The number of nitro benzene ring substituents is 1. The normalized spacial score (nSPS) is 10.4. The largest absolute Gasteiger partial charge is 0.452 e. The number of nitrogens with zero attached hydrogens (tertiary/aromatic N) is 1. The molecular weight excluding hydrogens is 288 g/mol. The minimum atomic E-state index is -0.871. The van der Waals surface area contributed by atoms with Crippen molar-refractivity contribution in [2.45, 2.75) is 27.2 Å². The van der Waals surface area contributed by atoms with E-state index in [0.717, 1.165) is 6.42 Å². The summed E-state index contributed by atoms with van der Waals surface area (Å²) in [4.78, 5) is 33.8. The van der Waals surface area contributed by atoms with Crippen LogP contribution in [-0.2, 0) is 9.53 Å². The number of hydrogen-bond donors (Lipinski definition) is 1. The highest BCUT2D eigenvalue weighted by atomic mass is 16.6. The lowest BCUT2D eigenvalue weighted by Crippen LogP contribution is -2.30. The molecule has 1 N–H and O–H groups in total. The van der Waals surface area contributed by atoms with Crippen LogP contribution in [0.3, 0.4) is 0 Å². The fraction of sp³-hybridized carbons (Fsp3) is 0.467. The minimum Gasteiger partial charge on any atom is -0.452 e. The molecule has 0 spiro atoms. The summed E-state index contributed by atoms with van der Waals surface area (Å²) in [5, 5.41) is 13.6. The van der Waals surface area contributed by atoms with E-state index in [2.05, 4.69) is 5.32 Å². The minimum absolute atomic E-state index is 0.123. The number of hydrogen-bond acceptors (Lipinski definition) is 5. The molecule has 7 heteroatoms.